The Morgan fingerprint density at radius 3 is 2.94 bits per heavy atom. The molecular formula is C12H14FNO2. The lowest BCUT2D eigenvalue weighted by Gasteiger charge is -2.21. The normalized spacial score (nSPS) is 23.4. The average Bonchev–Trinajstić information content (AvgIpc) is 2.83. The van der Waals surface area contributed by atoms with E-state index in [4.69, 9.17) is 9.47 Å². The molecule has 1 aromatic rings. The summed E-state index contributed by atoms with van der Waals surface area (Å²) in [7, 11) is 0. The van der Waals surface area contributed by atoms with Gasteiger partial charge in [-0.05, 0) is 24.6 Å². The fraction of sp³-hybridized carbons (Fsp3) is 0.500. The molecule has 2 aliphatic heterocycles. The Bertz CT molecular complexity index is 402. The quantitative estimate of drug-likeness (QED) is 0.785. The second kappa shape index (κ2) is 3.94. The highest BCUT2D eigenvalue weighted by molar-refractivity contribution is 5.46. The minimum absolute atomic E-state index is 0.245. The summed E-state index contributed by atoms with van der Waals surface area (Å²) in [5.74, 6) is 0.829. The maximum Gasteiger partial charge on any atom is 0.197 e. The van der Waals surface area contributed by atoms with Crippen LogP contribution in [0.15, 0.2) is 12.1 Å². The van der Waals surface area contributed by atoms with E-state index in [1.54, 1.807) is 0 Å². The van der Waals surface area contributed by atoms with Crippen molar-refractivity contribution in [2.75, 3.05) is 26.3 Å². The maximum atomic E-state index is 14.2. The molecule has 0 amide bonds. The highest BCUT2D eigenvalue weighted by Gasteiger charge is 2.25. The van der Waals surface area contributed by atoms with Crippen LogP contribution in [-0.2, 0) is 0 Å². The molecule has 0 aliphatic carbocycles. The van der Waals surface area contributed by atoms with E-state index in [9.17, 15) is 4.39 Å². The third kappa shape index (κ3) is 1.53. The summed E-state index contributed by atoms with van der Waals surface area (Å²) in [6.45, 7) is 2.72. The summed E-state index contributed by atoms with van der Waals surface area (Å²) in [5, 5.41) is 3.24. The smallest absolute Gasteiger partial charge is 0.197 e. The van der Waals surface area contributed by atoms with Crippen LogP contribution in [-0.4, -0.2) is 26.3 Å². The van der Waals surface area contributed by atoms with Crippen LogP contribution in [0.1, 0.15) is 17.9 Å². The monoisotopic (exact) mass is 223 g/mol. The Balaban J connectivity index is 1.99. The molecule has 2 aliphatic rings. The largest absolute Gasteiger partial charge is 0.486 e. The Hall–Kier alpha value is -1.29. The van der Waals surface area contributed by atoms with E-state index in [0.29, 0.717) is 19.0 Å². The summed E-state index contributed by atoms with van der Waals surface area (Å²) in [6, 6.07) is 3.63. The van der Waals surface area contributed by atoms with Crippen molar-refractivity contribution in [2.24, 2.45) is 0 Å². The number of hydrogen-bond acceptors (Lipinski definition) is 3. The zero-order chi connectivity index (χ0) is 11.0. The van der Waals surface area contributed by atoms with Gasteiger partial charge in [0.05, 0.1) is 0 Å². The van der Waals surface area contributed by atoms with E-state index < -0.39 is 0 Å². The SMILES string of the molecule is Fc1c(C2CCNC2)ccc2c1OCCO2. The third-order valence-electron chi connectivity index (χ3n) is 3.18. The molecule has 4 heteroatoms. The van der Waals surface area contributed by atoms with Crippen LogP contribution >= 0.6 is 0 Å². The molecule has 0 radical (unpaired) electrons. The number of halogens is 1. The van der Waals surface area contributed by atoms with Crippen molar-refractivity contribution in [3.8, 4) is 11.5 Å². The highest BCUT2D eigenvalue weighted by atomic mass is 19.1. The van der Waals surface area contributed by atoms with Crippen LogP contribution in [0.25, 0.3) is 0 Å². The number of benzene rings is 1. The Labute approximate surface area is 93.6 Å². The predicted molar refractivity (Wildman–Crippen MR) is 57.6 cm³/mol. The molecule has 3 rings (SSSR count). The van der Waals surface area contributed by atoms with Crippen LogP contribution in [0.5, 0.6) is 11.5 Å². The number of fused-ring (bicyclic) bond motifs is 1. The van der Waals surface area contributed by atoms with Crippen molar-refractivity contribution in [1.29, 1.82) is 0 Å². The fourth-order valence-corrected chi connectivity index (χ4v) is 2.33. The number of hydrogen-bond donors (Lipinski definition) is 1. The zero-order valence-electron chi connectivity index (χ0n) is 8.96. The van der Waals surface area contributed by atoms with Gasteiger partial charge in [0.2, 0.25) is 0 Å². The molecule has 1 unspecified atom stereocenters. The molecule has 3 nitrogen and oxygen atoms in total. The van der Waals surface area contributed by atoms with Gasteiger partial charge in [-0.25, -0.2) is 4.39 Å². The fourth-order valence-electron chi connectivity index (χ4n) is 2.33. The molecule has 2 heterocycles. The third-order valence-corrected chi connectivity index (χ3v) is 3.18. The Morgan fingerprint density at radius 2 is 2.12 bits per heavy atom. The van der Waals surface area contributed by atoms with Crippen LogP contribution < -0.4 is 14.8 Å². The Morgan fingerprint density at radius 1 is 1.25 bits per heavy atom. The second-order valence-electron chi connectivity index (χ2n) is 4.18. The lowest BCUT2D eigenvalue weighted by Crippen LogP contribution is -2.17. The molecule has 1 aromatic carbocycles. The topological polar surface area (TPSA) is 30.5 Å². The van der Waals surface area contributed by atoms with E-state index >= 15 is 0 Å². The minimum atomic E-state index is -0.245. The van der Waals surface area contributed by atoms with Gasteiger partial charge in [-0.2, -0.15) is 0 Å². The van der Waals surface area contributed by atoms with Crippen molar-refractivity contribution in [1.82, 2.24) is 5.32 Å². The molecule has 0 saturated carbocycles. The van der Waals surface area contributed by atoms with Gasteiger partial charge in [-0.3, -0.25) is 0 Å². The van der Waals surface area contributed by atoms with E-state index in [2.05, 4.69) is 5.32 Å². The van der Waals surface area contributed by atoms with Gasteiger partial charge in [-0.1, -0.05) is 6.07 Å². The van der Waals surface area contributed by atoms with Gasteiger partial charge in [0.15, 0.2) is 17.3 Å². The molecule has 0 spiro atoms. The summed E-state index contributed by atoms with van der Waals surface area (Å²) in [4.78, 5) is 0. The average molecular weight is 223 g/mol. The summed E-state index contributed by atoms with van der Waals surface area (Å²) >= 11 is 0. The first kappa shape index (κ1) is 9.90. The van der Waals surface area contributed by atoms with Gasteiger partial charge < -0.3 is 14.8 Å². The first-order chi connectivity index (χ1) is 7.86. The van der Waals surface area contributed by atoms with Crippen LogP contribution in [0.2, 0.25) is 0 Å². The van der Waals surface area contributed by atoms with Gasteiger partial charge in [0, 0.05) is 12.5 Å². The van der Waals surface area contributed by atoms with E-state index in [1.165, 1.54) is 0 Å². The Kier molecular flexibility index (Phi) is 2.44. The van der Waals surface area contributed by atoms with Gasteiger partial charge >= 0.3 is 0 Å². The van der Waals surface area contributed by atoms with Crippen LogP contribution in [0.3, 0.4) is 0 Å². The molecule has 1 fully saturated rings. The van der Waals surface area contributed by atoms with Crippen molar-refractivity contribution in [3.63, 3.8) is 0 Å². The van der Waals surface area contributed by atoms with Gasteiger partial charge in [-0.15, -0.1) is 0 Å². The zero-order valence-corrected chi connectivity index (χ0v) is 8.96. The van der Waals surface area contributed by atoms with Crippen molar-refractivity contribution < 1.29 is 13.9 Å². The van der Waals surface area contributed by atoms with Crippen molar-refractivity contribution in [3.05, 3.63) is 23.5 Å². The number of rotatable bonds is 1. The molecule has 1 atom stereocenters. The van der Waals surface area contributed by atoms with E-state index in [-0.39, 0.29) is 17.5 Å². The first-order valence-electron chi connectivity index (χ1n) is 5.65. The lowest BCUT2D eigenvalue weighted by molar-refractivity contribution is 0.163. The van der Waals surface area contributed by atoms with Gasteiger partial charge in [0.1, 0.15) is 13.2 Å². The molecule has 1 saturated heterocycles. The van der Waals surface area contributed by atoms with E-state index in [1.807, 2.05) is 12.1 Å². The molecule has 1 N–H and O–H groups in total. The standard InChI is InChI=1S/C12H14FNO2/c13-11-9(8-3-4-14-7-8)1-2-10-12(11)16-6-5-15-10/h1-2,8,14H,3-7H2. The summed E-state index contributed by atoms with van der Waals surface area (Å²) < 4.78 is 24.8. The molecule has 0 bridgehead atoms. The first-order valence-corrected chi connectivity index (χ1v) is 5.65. The highest BCUT2D eigenvalue weighted by Crippen LogP contribution is 2.38. The van der Waals surface area contributed by atoms with E-state index in [0.717, 1.165) is 25.1 Å². The number of ether oxygens (including phenoxy) is 2. The van der Waals surface area contributed by atoms with Crippen LogP contribution in [0.4, 0.5) is 4.39 Å². The minimum Gasteiger partial charge on any atom is -0.486 e. The summed E-state index contributed by atoms with van der Waals surface area (Å²) in [6.07, 6.45) is 0.983. The summed E-state index contributed by atoms with van der Waals surface area (Å²) in [5.41, 5.74) is 0.745. The predicted octanol–water partition coefficient (Wildman–Crippen LogP) is 1.67. The molecule has 86 valence electrons. The van der Waals surface area contributed by atoms with Crippen LogP contribution in [0, 0.1) is 5.82 Å². The van der Waals surface area contributed by atoms with Crippen molar-refractivity contribution >= 4 is 0 Å². The van der Waals surface area contributed by atoms with Crippen molar-refractivity contribution in [2.45, 2.75) is 12.3 Å². The maximum absolute atomic E-state index is 14.2. The number of nitrogens with one attached hydrogen (secondary N) is 1. The second-order valence-corrected chi connectivity index (χ2v) is 4.18. The molecular weight excluding hydrogens is 209 g/mol. The molecule has 0 aromatic heterocycles. The lowest BCUT2D eigenvalue weighted by atomic mass is 9.97. The molecule has 16 heavy (non-hydrogen) atoms. The van der Waals surface area contributed by atoms with Gasteiger partial charge in [0.25, 0.3) is 0 Å².